The van der Waals surface area contributed by atoms with Crippen LogP contribution in [0.5, 0.6) is 0 Å². The first kappa shape index (κ1) is 15.3. The van der Waals surface area contributed by atoms with Gasteiger partial charge in [0.2, 0.25) is 5.91 Å². The molecule has 1 N–H and O–H groups in total. The molecule has 1 aliphatic carbocycles. The van der Waals surface area contributed by atoms with Gasteiger partial charge in [-0.25, -0.2) is 0 Å². The first-order chi connectivity index (χ1) is 9.61. The van der Waals surface area contributed by atoms with E-state index in [4.69, 9.17) is 9.84 Å². The van der Waals surface area contributed by atoms with E-state index in [1.807, 2.05) is 4.90 Å². The number of methoxy groups -OCH3 is 1. The monoisotopic (exact) mass is 283 g/mol. The zero-order valence-corrected chi connectivity index (χ0v) is 12.2. The van der Waals surface area contributed by atoms with Crippen molar-refractivity contribution in [2.75, 3.05) is 26.8 Å². The molecule has 5 nitrogen and oxygen atoms in total. The van der Waals surface area contributed by atoms with Crippen LogP contribution in [0, 0.1) is 17.8 Å². The zero-order valence-electron chi connectivity index (χ0n) is 12.2. The molecule has 0 spiro atoms. The van der Waals surface area contributed by atoms with Crippen LogP contribution >= 0.6 is 0 Å². The van der Waals surface area contributed by atoms with Crippen LogP contribution in [0.25, 0.3) is 0 Å². The molecule has 1 aliphatic heterocycles. The maximum absolute atomic E-state index is 12.5. The highest BCUT2D eigenvalue weighted by Gasteiger charge is 2.34. The molecule has 1 saturated carbocycles. The summed E-state index contributed by atoms with van der Waals surface area (Å²) in [5, 5.41) is 9.10. The molecule has 0 aromatic heterocycles. The third-order valence-electron chi connectivity index (χ3n) is 4.70. The number of carboxylic acid groups (broad SMARTS) is 1. The van der Waals surface area contributed by atoms with Crippen LogP contribution in [0.2, 0.25) is 0 Å². The fourth-order valence-electron chi connectivity index (χ4n) is 3.45. The third kappa shape index (κ3) is 3.72. The number of rotatable bonds is 4. The Kier molecular flexibility index (Phi) is 5.40. The van der Waals surface area contributed by atoms with Crippen LogP contribution in [-0.2, 0) is 14.3 Å². The van der Waals surface area contributed by atoms with Crippen molar-refractivity contribution in [2.24, 2.45) is 17.8 Å². The van der Waals surface area contributed by atoms with Gasteiger partial charge in [-0.1, -0.05) is 6.42 Å². The highest BCUT2D eigenvalue weighted by molar-refractivity contribution is 5.80. The Balaban J connectivity index is 1.84. The topological polar surface area (TPSA) is 66.8 Å². The van der Waals surface area contributed by atoms with E-state index in [9.17, 15) is 9.59 Å². The molecule has 20 heavy (non-hydrogen) atoms. The number of amides is 1. The Bertz CT molecular complexity index is 350. The maximum Gasteiger partial charge on any atom is 0.306 e. The van der Waals surface area contributed by atoms with Crippen LogP contribution in [0.3, 0.4) is 0 Å². The molecular formula is C15H25NO4. The molecule has 1 heterocycles. The summed E-state index contributed by atoms with van der Waals surface area (Å²) in [5.41, 5.74) is 0. The number of carbonyl (C=O) groups is 2. The molecule has 2 fully saturated rings. The zero-order chi connectivity index (χ0) is 14.5. The van der Waals surface area contributed by atoms with Gasteiger partial charge in [-0.2, -0.15) is 0 Å². The number of likely N-dealkylation sites (tertiary alicyclic amines) is 1. The average Bonchev–Trinajstić information content (AvgIpc) is 2.48. The van der Waals surface area contributed by atoms with E-state index in [-0.39, 0.29) is 17.7 Å². The van der Waals surface area contributed by atoms with Crippen molar-refractivity contribution in [1.29, 1.82) is 0 Å². The number of hydrogen-bond acceptors (Lipinski definition) is 3. The molecule has 0 radical (unpaired) electrons. The second-order valence-corrected chi connectivity index (χ2v) is 6.12. The van der Waals surface area contributed by atoms with Gasteiger partial charge in [0, 0.05) is 32.7 Å². The molecule has 0 aromatic carbocycles. The minimum Gasteiger partial charge on any atom is -0.481 e. The van der Waals surface area contributed by atoms with E-state index in [1.54, 1.807) is 7.11 Å². The van der Waals surface area contributed by atoms with Crippen molar-refractivity contribution in [3.63, 3.8) is 0 Å². The lowest BCUT2D eigenvalue weighted by Gasteiger charge is -2.35. The number of aliphatic carboxylic acids is 1. The molecule has 114 valence electrons. The van der Waals surface area contributed by atoms with Gasteiger partial charge in [0.15, 0.2) is 0 Å². The molecule has 5 heteroatoms. The van der Waals surface area contributed by atoms with E-state index in [1.165, 1.54) is 0 Å². The highest BCUT2D eigenvalue weighted by Crippen LogP contribution is 2.31. The number of carboxylic acids is 1. The van der Waals surface area contributed by atoms with E-state index in [0.717, 1.165) is 51.8 Å². The van der Waals surface area contributed by atoms with Crippen LogP contribution in [0.15, 0.2) is 0 Å². The summed E-state index contributed by atoms with van der Waals surface area (Å²) >= 11 is 0. The van der Waals surface area contributed by atoms with Crippen LogP contribution in [-0.4, -0.2) is 48.7 Å². The number of nitrogens with zero attached hydrogens (tertiary/aromatic N) is 1. The number of hydrogen-bond donors (Lipinski definition) is 1. The largest absolute Gasteiger partial charge is 0.481 e. The van der Waals surface area contributed by atoms with Gasteiger partial charge in [-0.05, 0) is 38.0 Å². The van der Waals surface area contributed by atoms with Gasteiger partial charge in [-0.15, -0.1) is 0 Å². The fourth-order valence-corrected chi connectivity index (χ4v) is 3.45. The van der Waals surface area contributed by atoms with Gasteiger partial charge >= 0.3 is 5.97 Å². The Morgan fingerprint density at radius 1 is 1.15 bits per heavy atom. The second kappa shape index (κ2) is 7.07. The van der Waals surface area contributed by atoms with Crippen LogP contribution < -0.4 is 0 Å². The lowest BCUT2D eigenvalue weighted by atomic mass is 9.80. The van der Waals surface area contributed by atoms with Gasteiger partial charge < -0.3 is 14.7 Å². The molecule has 2 aliphatic rings. The van der Waals surface area contributed by atoms with Crippen molar-refractivity contribution < 1.29 is 19.4 Å². The molecule has 0 bridgehead atoms. The van der Waals surface area contributed by atoms with Gasteiger partial charge in [-0.3, -0.25) is 9.59 Å². The summed E-state index contributed by atoms with van der Waals surface area (Å²) in [6.45, 7) is 2.36. The molecule has 0 aromatic rings. The van der Waals surface area contributed by atoms with Gasteiger partial charge in [0.25, 0.3) is 0 Å². The Labute approximate surface area is 120 Å². The predicted molar refractivity (Wildman–Crippen MR) is 74.3 cm³/mol. The molecular weight excluding hydrogens is 258 g/mol. The average molecular weight is 283 g/mol. The summed E-state index contributed by atoms with van der Waals surface area (Å²) in [7, 11) is 1.71. The van der Waals surface area contributed by atoms with Crippen molar-refractivity contribution in [3.05, 3.63) is 0 Å². The SMILES string of the molecule is COCC1CCN(C(=O)[C@@H]2CCC[C@@H](C(=O)O)C2)CC1. The lowest BCUT2D eigenvalue weighted by molar-refractivity contribution is -0.146. The number of ether oxygens (including phenoxy) is 1. The minimum absolute atomic E-state index is 0.0798. The normalized spacial score (nSPS) is 28.4. The highest BCUT2D eigenvalue weighted by atomic mass is 16.5. The van der Waals surface area contributed by atoms with Crippen molar-refractivity contribution in [1.82, 2.24) is 4.90 Å². The molecule has 1 amide bonds. The standard InChI is InChI=1S/C15H25NO4/c1-20-10-11-5-7-16(8-6-11)14(17)12-3-2-4-13(9-12)15(18)19/h11-13H,2-10H2,1H3,(H,18,19)/t12-,13-/m1/s1. The Hall–Kier alpha value is -1.10. The van der Waals surface area contributed by atoms with E-state index in [2.05, 4.69) is 0 Å². The Morgan fingerprint density at radius 2 is 1.80 bits per heavy atom. The second-order valence-electron chi connectivity index (χ2n) is 6.12. The number of piperidine rings is 1. The first-order valence-corrected chi connectivity index (χ1v) is 7.62. The summed E-state index contributed by atoms with van der Waals surface area (Å²) < 4.78 is 5.17. The van der Waals surface area contributed by atoms with E-state index < -0.39 is 5.97 Å². The summed E-state index contributed by atoms with van der Waals surface area (Å²) in [6, 6.07) is 0. The smallest absolute Gasteiger partial charge is 0.306 e. The Morgan fingerprint density at radius 3 is 2.40 bits per heavy atom. The molecule has 0 unspecified atom stereocenters. The minimum atomic E-state index is -0.749. The maximum atomic E-state index is 12.5. The summed E-state index contributed by atoms with van der Waals surface area (Å²) in [4.78, 5) is 25.5. The number of carbonyl (C=O) groups excluding carboxylic acids is 1. The van der Waals surface area contributed by atoms with Crippen molar-refractivity contribution in [3.8, 4) is 0 Å². The van der Waals surface area contributed by atoms with Crippen molar-refractivity contribution >= 4 is 11.9 Å². The molecule has 2 atom stereocenters. The molecule has 2 rings (SSSR count). The predicted octanol–water partition coefficient (Wildman–Crippen LogP) is 1.76. The van der Waals surface area contributed by atoms with Crippen molar-refractivity contribution in [2.45, 2.75) is 38.5 Å². The fraction of sp³-hybridized carbons (Fsp3) is 0.867. The van der Waals surface area contributed by atoms with Gasteiger partial charge in [0.05, 0.1) is 5.92 Å². The van der Waals surface area contributed by atoms with E-state index >= 15 is 0 Å². The van der Waals surface area contributed by atoms with Crippen LogP contribution in [0.1, 0.15) is 38.5 Å². The van der Waals surface area contributed by atoms with Gasteiger partial charge in [0.1, 0.15) is 0 Å². The summed E-state index contributed by atoms with van der Waals surface area (Å²) in [6.07, 6.45) is 4.93. The first-order valence-electron chi connectivity index (χ1n) is 7.62. The van der Waals surface area contributed by atoms with Crippen LogP contribution in [0.4, 0.5) is 0 Å². The van der Waals surface area contributed by atoms with E-state index in [0.29, 0.717) is 12.3 Å². The summed E-state index contributed by atoms with van der Waals surface area (Å²) in [5.74, 6) is -0.428. The quantitative estimate of drug-likeness (QED) is 0.853. The molecule has 1 saturated heterocycles. The third-order valence-corrected chi connectivity index (χ3v) is 4.70. The lowest BCUT2D eigenvalue weighted by Crippen LogP contribution is -2.44.